The van der Waals surface area contributed by atoms with Crippen molar-refractivity contribution >= 4 is 11.9 Å². The van der Waals surface area contributed by atoms with Crippen molar-refractivity contribution in [2.75, 3.05) is 20.1 Å². The highest BCUT2D eigenvalue weighted by Gasteiger charge is 2.10. The van der Waals surface area contributed by atoms with Gasteiger partial charge in [0.2, 0.25) is 5.91 Å². The molecule has 0 aliphatic carbocycles. The van der Waals surface area contributed by atoms with E-state index in [2.05, 4.69) is 0 Å². The van der Waals surface area contributed by atoms with Crippen molar-refractivity contribution in [2.24, 2.45) is 5.73 Å². The standard InChI is InChI=1S/C7H14N2O3/c1-9(5-7(11)12)6(10)3-2-4-8/h2-5,8H2,1H3,(H,11,12). The minimum absolute atomic E-state index is 0.178. The van der Waals surface area contributed by atoms with Crippen LogP contribution in [0.1, 0.15) is 12.8 Å². The van der Waals surface area contributed by atoms with Gasteiger partial charge in [-0.05, 0) is 13.0 Å². The lowest BCUT2D eigenvalue weighted by molar-refractivity contribution is -0.143. The van der Waals surface area contributed by atoms with Gasteiger partial charge >= 0.3 is 5.97 Å². The summed E-state index contributed by atoms with van der Waals surface area (Å²) in [4.78, 5) is 22.4. The van der Waals surface area contributed by atoms with Gasteiger partial charge in [0.15, 0.2) is 0 Å². The Morgan fingerprint density at radius 3 is 2.50 bits per heavy atom. The third kappa shape index (κ3) is 4.68. The first-order valence-corrected chi connectivity index (χ1v) is 3.73. The second-order valence-electron chi connectivity index (χ2n) is 2.54. The van der Waals surface area contributed by atoms with Crippen LogP contribution in [0.4, 0.5) is 0 Å². The fourth-order valence-corrected chi connectivity index (χ4v) is 0.735. The maximum absolute atomic E-state index is 11.0. The molecule has 1 amide bonds. The third-order valence-corrected chi connectivity index (χ3v) is 1.39. The minimum atomic E-state index is -1.00. The van der Waals surface area contributed by atoms with Crippen molar-refractivity contribution in [1.29, 1.82) is 0 Å². The molecule has 12 heavy (non-hydrogen) atoms. The topological polar surface area (TPSA) is 83.6 Å². The summed E-state index contributed by atoms with van der Waals surface area (Å²) in [7, 11) is 1.47. The molecule has 0 rings (SSSR count). The number of carboxylic acids is 1. The van der Waals surface area contributed by atoms with Crippen molar-refractivity contribution in [3.63, 3.8) is 0 Å². The highest BCUT2D eigenvalue weighted by Crippen LogP contribution is 1.93. The number of nitrogens with zero attached hydrogens (tertiary/aromatic N) is 1. The van der Waals surface area contributed by atoms with Crippen molar-refractivity contribution in [3.8, 4) is 0 Å². The molecular weight excluding hydrogens is 160 g/mol. The van der Waals surface area contributed by atoms with Gasteiger partial charge < -0.3 is 15.7 Å². The molecule has 3 N–H and O–H groups in total. The molecule has 0 saturated heterocycles. The van der Waals surface area contributed by atoms with Gasteiger partial charge in [0.05, 0.1) is 0 Å². The summed E-state index contributed by atoms with van der Waals surface area (Å²) in [5.41, 5.74) is 5.19. The van der Waals surface area contributed by atoms with Crippen LogP contribution in [-0.2, 0) is 9.59 Å². The van der Waals surface area contributed by atoms with Gasteiger partial charge in [-0.3, -0.25) is 9.59 Å². The predicted molar refractivity (Wildman–Crippen MR) is 43.6 cm³/mol. The Labute approximate surface area is 71.1 Å². The van der Waals surface area contributed by atoms with Crippen LogP contribution in [0.5, 0.6) is 0 Å². The molecule has 0 bridgehead atoms. The summed E-state index contributed by atoms with van der Waals surface area (Å²) >= 11 is 0. The van der Waals surface area contributed by atoms with Crippen LogP contribution in [0.2, 0.25) is 0 Å². The zero-order chi connectivity index (χ0) is 9.56. The predicted octanol–water partition coefficient (Wildman–Crippen LogP) is -0.732. The van der Waals surface area contributed by atoms with E-state index in [0.717, 1.165) is 0 Å². The molecule has 0 aromatic heterocycles. The van der Waals surface area contributed by atoms with Crippen LogP contribution < -0.4 is 5.73 Å². The number of likely N-dealkylation sites (N-methyl/N-ethyl adjacent to an activating group) is 1. The third-order valence-electron chi connectivity index (χ3n) is 1.39. The van der Waals surface area contributed by atoms with Gasteiger partial charge in [0.25, 0.3) is 0 Å². The molecule has 0 aliphatic rings. The number of amides is 1. The number of carbonyl (C=O) groups excluding carboxylic acids is 1. The maximum Gasteiger partial charge on any atom is 0.323 e. The first-order valence-electron chi connectivity index (χ1n) is 3.73. The quantitative estimate of drug-likeness (QED) is 0.575. The number of hydrogen-bond acceptors (Lipinski definition) is 3. The molecular formula is C7H14N2O3. The normalized spacial score (nSPS) is 9.50. The van der Waals surface area contributed by atoms with Crippen molar-refractivity contribution in [3.05, 3.63) is 0 Å². The van der Waals surface area contributed by atoms with E-state index in [1.54, 1.807) is 0 Å². The zero-order valence-electron chi connectivity index (χ0n) is 7.12. The summed E-state index contributed by atoms with van der Waals surface area (Å²) in [5.74, 6) is -1.18. The highest BCUT2D eigenvalue weighted by molar-refractivity contribution is 5.80. The van der Waals surface area contributed by atoms with E-state index in [1.807, 2.05) is 0 Å². The highest BCUT2D eigenvalue weighted by atomic mass is 16.4. The molecule has 0 atom stereocenters. The summed E-state index contributed by atoms with van der Waals surface area (Å²) in [6.45, 7) is 0.204. The largest absolute Gasteiger partial charge is 0.480 e. The van der Waals surface area contributed by atoms with Crippen LogP contribution >= 0.6 is 0 Å². The second-order valence-corrected chi connectivity index (χ2v) is 2.54. The Morgan fingerprint density at radius 2 is 2.08 bits per heavy atom. The molecule has 70 valence electrons. The van der Waals surface area contributed by atoms with Gasteiger partial charge in [-0.15, -0.1) is 0 Å². The van der Waals surface area contributed by atoms with Gasteiger partial charge in [-0.2, -0.15) is 0 Å². The van der Waals surface area contributed by atoms with E-state index in [0.29, 0.717) is 19.4 Å². The average Bonchev–Trinajstić information content (AvgIpc) is 1.98. The Balaban J connectivity index is 3.69. The number of carbonyl (C=O) groups is 2. The average molecular weight is 174 g/mol. The first-order chi connectivity index (χ1) is 5.57. The van der Waals surface area contributed by atoms with Crippen molar-refractivity contribution < 1.29 is 14.7 Å². The number of hydrogen-bond donors (Lipinski definition) is 2. The Hall–Kier alpha value is -1.10. The molecule has 5 heteroatoms. The van der Waals surface area contributed by atoms with E-state index < -0.39 is 5.97 Å². The van der Waals surface area contributed by atoms with E-state index in [1.165, 1.54) is 11.9 Å². The lowest BCUT2D eigenvalue weighted by Crippen LogP contribution is -2.32. The minimum Gasteiger partial charge on any atom is -0.480 e. The maximum atomic E-state index is 11.0. The lowest BCUT2D eigenvalue weighted by Gasteiger charge is -2.13. The van der Waals surface area contributed by atoms with Crippen LogP contribution in [0.25, 0.3) is 0 Å². The monoisotopic (exact) mass is 174 g/mol. The van der Waals surface area contributed by atoms with Gasteiger partial charge in [-0.25, -0.2) is 0 Å². The van der Waals surface area contributed by atoms with Crippen LogP contribution in [0.15, 0.2) is 0 Å². The second kappa shape index (κ2) is 5.54. The fourth-order valence-electron chi connectivity index (χ4n) is 0.735. The van der Waals surface area contributed by atoms with Crippen molar-refractivity contribution in [1.82, 2.24) is 4.90 Å². The number of aliphatic carboxylic acids is 1. The lowest BCUT2D eigenvalue weighted by atomic mass is 10.3. The molecule has 0 aliphatic heterocycles. The summed E-state index contributed by atoms with van der Waals surface area (Å²) < 4.78 is 0. The van der Waals surface area contributed by atoms with Crippen LogP contribution in [-0.4, -0.2) is 42.0 Å². The SMILES string of the molecule is CN(CC(=O)O)C(=O)CCCN. The van der Waals surface area contributed by atoms with Crippen LogP contribution in [0.3, 0.4) is 0 Å². The Bertz CT molecular complexity index is 170. The molecule has 0 fully saturated rings. The molecule has 0 spiro atoms. The molecule has 0 saturated carbocycles. The molecule has 0 radical (unpaired) electrons. The smallest absolute Gasteiger partial charge is 0.323 e. The van der Waals surface area contributed by atoms with Gasteiger partial charge in [0.1, 0.15) is 6.54 Å². The Kier molecular flexibility index (Phi) is 5.03. The molecule has 0 heterocycles. The molecule has 0 aromatic carbocycles. The van der Waals surface area contributed by atoms with E-state index >= 15 is 0 Å². The first kappa shape index (κ1) is 10.9. The summed E-state index contributed by atoms with van der Waals surface area (Å²) in [6.07, 6.45) is 0.920. The van der Waals surface area contributed by atoms with E-state index in [4.69, 9.17) is 10.8 Å². The van der Waals surface area contributed by atoms with E-state index in [-0.39, 0.29) is 12.5 Å². The summed E-state index contributed by atoms with van der Waals surface area (Å²) in [5, 5.41) is 8.34. The number of rotatable bonds is 5. The Morgan fingerprint density at radius 1 is 1.50 bits per heavy atom. The molecule has 0 aromatic rings. The fraction of sp³-hybridized carbons (Fsp3) is 0.714. The van der Waals surface area contributed by atoms with Crippen molar-refractivity contribution in [2.45, 2.75) is 12.8 Å². The zero-order valence-corrected chi connectivity index (χ0v) is 7.12. The van der Waals surface area contributed by atoms with E-state index in [9.17, 15) is 9.59 Å². The van der Waals surface area contributed by atoms with Crippen LogP contribution in [0, 0.1) is 0 Å². The molecule has 0 unspecified atom stereocenters. The summed E-state index contributed by atoms with van der Waals surface area (Å²) in [6, 6.07) is 0. The molecule has 5 nitrogen and oxygen atoms in total. The van der Waals surface area contributed by atoms with Gasteiger partial charge in [-0.1, -0.05) is 0 Å². The van der Waals surface area contributed by atoms with Gasteiger partial charge in [0, 0.05) is 13.5 Å². The number of carboxylic acid groups (broad SMARTS) is 1. The number of nitrogens with two attached hydrogens (primary N) is 1.